The molecule has 2 N–H and O–H groups in total. The molecule has 1 aromatic heterocycles. The van der Waals surface area contributed by atoms with Gasteiger partial charge in [0.05, 0.1) is 25.4 Å². The number of fused-ring (bicyclic) bond motifs is 6. The highest BCUT2D eigenvalue weighted by molar-refractivity contribution is 6.15. The molecule has 2 amide bonds. The molecule has 3 saturated heterocycles. The Morgan fingerprint density at radius 2 is 1.36 bits per heavy atom. The molecule has 276 valence electrons. The monoisotopic (exact) mass is 732 g/mol. The molecule has 6 aromatic carbocycles. The van der Waals surface area contributed by atoms with Crippen LogP contribution in [0.15, 0.2) is 131 Å². The van der Waals surface area contributed by atoms with Crippen molar-refractivity contribution in [3.8, 4) is 23.0 Å². The maximum atomic E-state index is 13.4. The van der Waals surface area contributed by atoms with Crippen molar-refractivity contribution in [3.63, 3.8) is 0 Å². The highest BCUT2D eigenvalue weighted by atomic mass is 16.5. The molecule has 4 heterocycles. The molecule has 0 aliphatic carbocycles. The van der Waals surface area contributed by atoms with Crippen molar-refractivity contribution in [1.82, 2.24) is 15.2 Å². The number of aromatic nitrogens is 1. The standard InChI is InChI=1S/C26H27N3O3.C19H13NO3/c1-32-23-11-5-10-21(24(23)26(31)28-22-16-29-14-12-18(22)13-15-29)27-25(30)20-9-4-7-17-6-2-3-8-19(17)20;1-22-16-11-5-10-15-17(16)19(21)23-18(20-15)14-9-4-7-12-6-2-3-8-13(12)14/h2-11,18,22H,12-16H2,1H3,(H,27,30)(H,28,31);2-11H,1H3. The summed E-state index contributed by atoms with van der Waals surface area (Å²) in [7, 11) is 3.06. The molecule has 1 unspecified atom stereocenters. The van der Waals surface area contributed by atoms with Gasteiger partial charge in [0.2, 0.25) is 5.89 Å². The van der Waals surface area contributed by atoms with Gasteiger partial charge in [-0.1, -0.05) is 84.9 Å². The van der Waals surface area contributed by atoms with Crippen LogP contribution in [-0.4, -0.2) is 61.6 Å². The minimum Gasteiger partial charge on any atom is -0.496 e. The number of carbonyl (C=O) groups is 2. The fourth-order valence-electron chi connectivity index (χ4n) is 7.81. The molecule has 3 aliphatic rings. The molecule has 0 saturated carbocycles. The van der Waals surface area contributed by atoms with E-state index in [1.54, 1.807) is 42.5 Å². The molecular weight excluding hydrogens is 693 g/mol. The van der Waals surface area contributed by atoms with Crippen LogP contribution < -0.4 is 25.7 Å². The zero-order valence-corrected chi connectivity index (χ0v) is 30.6. The topological polar surface area (TPSA) is 123 Å². The van der Waals surface area contributed by atoms with Crippen LogP contribution in [0.4, 0.5) is 5.69 Å². The number of carbonyl (C=O) groups excluding carboxylic acids is 2. The van der Waals surface area contributed by atoms with Gasteiger partial charge >= 0.3 is 5.63 Å². The number of piperidine rings is 3. The van der Waals surface area contributed by atoms with E-state index < -0.39 is 5.63 Å². The minimum absolute atomic E-state index is 0.122. The summed E-state index contributed by atoms with van der Waals surface area (Å²) < 4.78 is 16.2. The Morgan fingerprint density at radius 1 is 0.727 bits per heavy atom. The Kier molecular flexibility index (Phi) is 9.97. The van der Waals surface area contributed by atoms with Crippen LogP contribution in [-0.2, 0) is 0 Å². The van der Waals surface area contributed by atoms with Crippen molar-refractivity contribution in [2.24, 2.45) is 5.92 Å². The van der Waals surface area contributed by atoms with E-state index in [0.29, 0.717) is 51.0 Å². The first-order valence-corrected chi connectivity index (χ1v) is 18.4. The van der Waals surface area contributed by atoms with E-state index >= 15 is 0 Å². The van der Waals surface area contributed by atoms with Gasteiger partial charge in [0, 0.05) is 23.7 Å². The Morgan fingerprint density at radius 3 is 2.09 bits per heavy atom. The molecule has 10 nitrogen and oxygen atoms in total. The third kappa shape index (κ3) is 7.12. The molecule has 10 heteroatoms. The number of hydrogen-bond acceptors (Lipinski definition) is 8. The summed E-state index contributed by atoms with van der Waals surface area (Å²) >= 11 is 0. The fraction of sp³-hybridized carbons (Fsp3) is 0.200. The van der Waals surface area contributed by atoms with E-state index in [9.17, 15) is 14.4 Å². The van der Waals surface area contributed by atoms with Gasteiger partial charge in [-0.25, -0.2) is 9.78 Å². The summed E-state index contributed by atoms with van der Waals surface area (Å²) in [5, 5.41) is 10.5. The predicted octanol–water partition coefficient (Wildman–Crippen LogP) is 7.94. The number of nitrogens with one attached hydrogen (secondary N) is 2. The van der Waals surface area contributed by atoms with E-state index in [0.717, 1.165) is 59.6 Å². The average Bonchev–Trinajstić information content (AvgIpc) is 3.23. The Bertz CT molecular complexity index is 2600. The Labute approximate surface area is 317 Å². The number of methoxy groups -OCH3 is 2. The second-order valence-corrected chi connectivity index (χ2v) is 13.8. The van der Waals surface area contributed by atoms with Crippen LogP contribution in [0.1, 0.15) is 33.6 Å². The van der Waals surface area contributed by atoms with Gasteiger partial charge in [-0.2, -0.15) is 0 Å². The molecule has 0 spiro atoms. The van der Waals surface area contributed by atoms with Gasteiger partial charge in [0.25, 0.3) is 11.8 Å². The van der Waals surface area contributed by atoms with Crippen molar-refractivity contribution in [1.29, 1.82) is 0 Å². The van der Waals surface area contributed by atoms with Crippen LogP contribution in [0.2, 0.25) is 0 Å². The SMILES string of the molecule is COc1cccc(NC(=O)c2cccc3ccccc23)c1C(=O)NC1CN2CCC1CC2.COc1cccc2nc(-c3cccc4ccccc34)oc(=O)c12. The lowest BCUT2D eigenvalue weighted by atomic mass is 9.84. The van der Waals surface area contributed by atoms with E-state index in [2.05, 4.69) is 20.5 Å². The first kappa shape index (κ1) is 35.5. The summed E-state index contributed by atoms with van der Waals surface area (Å²) in [5.74, 6) is 1.26. The first-order chi connectivity index (χ1) is 26.9. The maximum Gasteiger partial charge on any atom is 0.350 e. The fourth-order valence-corrected chi connectivity index (χ4v) is 7.81. The zero-order chi connectivity index (χ0) is 37.9. The van der Waals surface area contributed by atoms with Gasteiger partial charge in [-0.3, -0.25) is 9.59 Å². The van der Waals surface area contributed by atoms with Crippen molar-refractivity contribution in [3.05, 3.63) is 143 Å². The van der Waals surface area contributed by atoms with Gasteiger partial charge < -0.3 is 29.4 Å². The predicted molar refractivity (Wildman–Crippen MR) is 215 cm³/mol. The molecule has 55 heavy (non-hydrogen) atoms. The molecule has 3 fully saturated rings. The van der Waals surface area contributed by atoms with E-state index in [4.69, 9.17) is 13.9 Å². The number of hydrogen-bond donors (Lipinski definition) is 2. The molecule has 3 aliphatic heterocycles. The van der Waals surface area contributed by atoms with Gasteiger partial charge in [-0.05, 0) is 89.8 Å². The van der Waals surface area contributed by atoms with Gasteiger partial charge in [-0.15, -0.1) is 0 Å². The second kappa shape index (κ2) is 15.5. The number of nitrogens with zero attached hydrogens (tertiary/aromatic N) is 2. The highest BCUT2D eigenvalue weighted by Crippen LogP contribution is 2.32. The van der Waals surface area contributed by atoms with Crippen LogP contribution in [0, 0.1) is 5.92 Å². The highest BCUT2D eigenvalue weighted by Gasteiger charge is 2.35. The second-order valence-electron chi connectivity index (χ2n) is 13.8. The van der Waals surface area contributed by atoms with Crippen molar-refractivity contribution in [2.45, 2.75) is 18.9 Å². The number of amides is 2. The largest absolute Gasteiger partial charge is 0.496 e. The lowest BCUT2D eigenvalue weighted by molar-refractivity contribution is 0.0619. The molecule has 10 rings (SSSR count). The normalized spacial score (nSPS) is 17.3. The summed E-state index contributed by atoms with van der Waals surface area (Å²) in [6.07, 6.45) is 2.23. The third-order valence-corrected chi connectivity index (χ3v) is 10.6. The first-order valence-electron chi connectivity index (χ1n) is 18.4. The van der Waals surface area contributed by atoms with E-state index in [1.807, 2.05) is 78.9 Å². The van der Waals surface area contributed by atoms with Gasteiger partial charge in [0.1, 0.15) is 22.4 Å². The van der Waals surface area contributed by atoms with Crippen LogP contribution in [0.25, 0.3) is 43.9 Å². The number of benzene rings is 6. The van der Waals surface area contributed by atoms with E-state index in [-0.39, 0.29) is 17.9 Å². The molecule has 0 radical (unpaired) electrons. The molecule has 1 atom stereocenters. The lowest BCUT2D eigenvalue weighted by Gasteiger charge is -2.45. The van der Waals surface area contributed by atoms with Crippen molar-refractivity contribution >= 4 is 49.9 Å². The Hall–Kier alpha value is -6.52. The van der Waals surface area contributed by atoms with E-state index in [1.165, 1.54) is 14.2 Å². The lowest BCUT2D eigenvalue weighted by Crippen LogP contribution is -2.57. The number of anilines is 1. The summed E-state index contributed by atoms with van der Waals surface area (Å²) in [4.78, 5) is 45.9. The minimum atomic E-state index is -0.449. The van der Waals surface area contributed by atoms with Crippen molar-refractivity contribution in [2.75, 3.05) is 39.2 Å². The molecule has 2 bridgehead atoms. The molecular formula is C45H40N4O6. The smallest absolute Gasteiger partial charge is 0.350 e. The number of rotatable bonds is 7. The summed E-state index contributed by atoms with van der Waals surface area (Å²) in [6, 6.07) is 37.9. The maximum absolute atomic E-state index is 13.4. The quantitative estimate of drug-likeness (QED) is 0.169. The zero-order valence-electron chi connectivity index (χ0n) is 30.6. The number of ether oxygens (including phenoxy) is 2. The van der Waals surface area contributed by atoms with Crippen LogP contribution in [0.5, 0.6) is 11.5 Å². The summed E-state index contributed by atoms with van der Waals surface area (Å²) in [5.41, 5.74) is 2.28. The third-order valence-electron chi connectivity index (χ3n) is 10.6. The van der Waals surface area contributed by atoms with Crippen LogP contribution >= 0.6 is 0 Å². The van der Waals surface area contributed by atoms with Gasteiger partial charge in [0.15, 0.2) is 0 Å². The average molecular weight is 733 g/mol. The summed E-state index contributed by atoms with van der Waals surface area (Å²) in [6.45, 7) is 3.10. The van der Waals surface area contributed by atoms with Crippen LogP contribution in [0.3, 0.4) is 0 Å². The Balaban J connectivity index is 0.000000164. The van der Waals surface area contributed by atoms with Crippen molar-refractivity contribution < 1.29 is 23.5 Å². The molecule has 7 aromatic rings.